The Kier molecular flexibility index (Phi) is 9.54. The van der Waals surface area contributed by atoms with E-state index in [1.165, 1.54) is 0 Å². The minimum absolute atomic E-state index is 0. The van der Waals surface area contributed by atoms with Crippen LogP contribution in [0.2, 0.25) is 0 Å². The lowest BCUT2D eigenvalue weighted by molar-refractivity contribution is -0.133. The Hall–Kier alpha value is -1.15. The smallest absolute Gasteiger partial charge is 0.223 e. The Labute approximate surface area is 171 Å². The van der Waals surface area contributed by atoms with Crippen LogP contribution in [0.4, 0.5) is 0 Å². The second-order valence-corrected chi connectivity index (χ2v) is 7.67. The molecule has 2 heterocycles. The number of hydrogen-bond acceptors (Lipinski definition) is 6. The number of thioether (sulfide) groups is 1. The Bertz CT molecular complexity index is 597. The maximum absolute atomic E-state index is 12.4. The van der Waals surface area contributed by atoms with Crippen molar-refractivity contribution < 1.29 is 19.0 Å². The molecule has 0 spiro atoms. The van der Waals surface area contributed by atoms with Crippen LogP contribution >= 0.6 is 24.2 Å². The van der Waals surface area contributed by atoms with E-state index in [9.17, 15) is 4.79 Å². The van der Waals surface area contributed by atoms with Crippen LogP contribution in [0, 0.1) is 0 Å². The van der Waals surface area contributed by atoms with Crippen LogP contribution in [0.3, 0.4) is 0 Å². The number of likely N-dealkylation sites (tertiary alicyclic amines) is 1. The summed E-state index contributed by atoms with van der Waals surface area (Å²) < 4.78 is 16.9. The molecule has 0 bridgehead atoms. The third kappa shape index (κ3) is 6.75. The number of halogens is 1. The first-order valence-corrected chi connectivity index (χ1v) is 10.4. The number of nitrogens with zero attached hydrogens (tertiary/aromatic N) is 1. The van der Waals surface area contributed by atoms with Gasteiger partial charge in [-0.2, -0.15) is 0 Å². The second-order valence-electron chi connectivity index (χ2n) is 6.50. The van der Waals surface area contributed by atoms with E-state index in [0.29, 0.717) is 26.2 Å². The van der Waals surface area contributed by atoms with Gasteiger partial charge in [0.25, 0.3) is 0 Å². The highest BCUT2D eigenvalue weighted by Gasteiger charge is 2.22. The van der Waals surface area contributed by atoms with Crippen molar-refractivity contribution in [1.29, 1.82) is 0 Å². The van der Waals surface area contributed by atoms with Gasteiger partial charge in [-0.3, -0.25) is 4.79 Å². The van der Waals surface area contributed by atoms with Crippen LogP contribution in [0.15, 0.2) is 23.1 Å². The Morgan fingerprint density at radius 2 is 1.96 bits per heavy atom. The summed E-state index contributed by atoms with van der Waals surface area (Å²) in [6.45, 7) is 4.16. The van der Waals surface area contributed by atoms with E-state index in [2.05, 4.69) is 0 Å². The quantitative estimate of drug-likeness (QED) is 0.518. The van der Waals surface area contributed by atoms with E-state index in [4.69, 9.17) is 19.9 Å². The van der Waals surface area contributed by atoms with Crippen molar-refractivity contribution in [2.75, 3.05) is 45.2 Å². The number of nitrogens with two attached hydrogens (primary N) is 1. The highest BCUT2D eigenvalue weighted by Crippen LogP contribution is 2.34. The van der Waals surface area contributed by atoms with Crippen LogP contribution in [0.5, 0.6) is 11.5 Å². The van der Waals surface area contributed by atoms with E-state index in [1.54, 1.807) is 11.8 Å². The van der Waals surface area contributed by atoms with Crippen LogP contribution in [-0.4, -0.2) is 62.1 Å². The molecule has 1 amide bonds. The van der Waals surface area contributed by atoms with Gasteiger partial charge in [0, 0.05) is 36.8 Å². The predicted octanol–water partition coefficient (Wildman–Crippen LogP) is 2.72. The van der Waals surface area contributed by atoms with Gasteiger partial charge in [0.1, 0.15) is 13.2 Å². The number of benzene rings is 1. The first-order valence-electron chi connectivity index (χ1n) is 9.38. The molecule has 0 saturated carbocycles. The first-order chi connectivity index (χ1) is 12.8. The molecule has 1 saturated heterocycles. The average Bonchev–Trinajstić information content (AvgIpc) is 2.68. The molecule has 3 rings (SSSR count). The van der Waals surface area contributed by atoms with Gasteiger partial charge in [-0.05, 0) is 44.0 Å². The van der Waals surface area contributed by atoms with Gasteiger partial charge >= 0.3 is 0 Å². The molecule has 1 aromatic rings. The summed E-state index contributed by atoms with van der Waals surface area (Å²) in [5.74, 6) is 2.60. The lowest BCUT2D eigenvalue weighted by Crippen LogP contribution is -2.41. The minimum atomic E-state index is 0. The van der Waals surface area contributed by atoms with Crippen LogP contribution in [-0.2, 0) is 9.53 Å². The summed E-state index contributed by atoms with van der Waals surface area (Å²) in [6.07, 6.45) is 3.57. The lowest BCUT2D eigenvalue weighted by atomic mass is 10.1. The molecular weight excluding hydrogens is 388 g/mol. The number of rotatable bonds is 8. The molecule has 0 unspecified atom stereocenters. The molecule has 1 aromatic carbocycles. The number of amides is 1. The molecule has 0 atom stereocenters. The molecule has 2 aliphatic rings. The van der Waals surface area contributed by atoms with Gasteiger partial charge in [0.15, 0.2) is 11.5 Å². The van der Waals surface area contributed by atoms with Crippen molar-refractivity contribution in [1.82, 2.24) is 4.90 Å². The van der Waals surface area contributed by atoms with E-state index in [1.807, 2.05) is 23.1 Å². The zero-order chi connectivity index (χ0) is 18.2. The monoisotopic (exact) mass is 416 g/mol. The summed E-state index contributed by atoms with van der Waals surface area (Å²) in [7, 11) is 0. The van der Waals surface area contributed by atoms with Gasteiger partial charge < -0.3 is 24.8 Å². The number of carbonyl (C=O) groups excluding carboxylic acids is 1. The van der Waals surface area contributed by atoms with Gasteiger partial charge in [0.05, 0.1) is 6.10 Å². The van der Waals surface area contributed by atoms with E-state index in [0.717, 1.165) is 61.1 Å². The third-order valence-electron chi connectivity index (χ3n) is 4.60. The van der Waals surface area contributed by atoms with E-state index < -0.39 is 0 Å². The molecule has 1 fully saturated rings. The molecule has 0 aliphatic carbocycles. The minimum Gasteiger partial charge on any atom is -0.486 e. The predicted molar refractivity (Wildman–Crippen MR) is 109 cm³/mol. The van der Waals surface area contributed by atoms with Crippen molar-refractivity contribution in [2.45, 2.75) is 36.7 Å². The summed E-state index contributed by atoms with van der Waals surface area (Å²) in [6, 6.07) is 5.95. The van der Waals surface area contributed by atoms with Crippen molar-refractivity contribution >= 4 is 30.1 Å². The Morgan fingerprint density at radius 1 is 1.22 bits per heavy atom. The van der Waals surface area contributed by atoms with Gasteiger partial charge in [0.2, 0.25) is 5.91 Å². The fourth-order valence-corrected chi connectivity index (χ4v) is 4.00. The highest BCUT2D eigenvalue weighted by atomic mass is 35.5. The summed E-state index contributed by atoms with van der Waals surface area (Å²) in [5.41, 5.74) is 5.48. The molecule has 8 heteroatoms. The van der Waals surface area contributed by atoms with Crippen molar-refractivity contribution in [3.63, 3.8) is 0 Å². The zero-order valence-electron chi connectivity index (χ0n) is 15.6. The molecule has 2 aliphatic heterocycles. The van der Waals surface area contributed by atoms with Gasteiger partial charge in [-0.1, -0.05) is 0 Å². The zero-order valence-corrected chi connectivity index (χ0v) is 17.2. The molecule has 0 radical (unpaired) electrons. The largest absolute Gasteiger partial charge is 0.486 e. The molecule has 2 N–H and O–H groups in total. The fourth-order valence-electron chi connectivity index (χ4n) is 3.13. The lowest BCUT2D eigenvalue weighted by Gasteiger charge is -2.32. The highest BCUT2D eigenvalue weighted by molar-refractivity contribution is 7.99. The second kappa shape index (κ2) is 11.6. The topological polar surface area (TPSA) is 74.0 Å². The van der Waals surface area contributed by atoms with Crippen molar-refractivity contribution in [3.05, 3.63) is 18.2 Å². The molecule has 152 valence electrons. The van der Waals surface area contributed by atoms with Crippen LogP contribution in [0.1, 0.15) is 25.7 Å². The third-order valence-corrected chi connectivity index (χ3v) is 5.59. The molecule has 27 heavy (non-hydrogen) atoms. The molecular formula is C19H29ClN2O4S. The number of carbonyl (C=O) groups is 1. The Morgan fingerprint density at radius 3 is 2.70 bits per heavy atom. The summed E-state index contributed by atoms with van der Waals surface area (Å²) >= 11 is 1.68. The molecule has 0 aromatic heterocycles. The normalized spacial score (nSPS) is 16.7. The van der Waals surface area contributed by atoms with Crippen molar-refractivity contribution in [2.24, 2.45) is 5.73 Å². The van der Waals surface area contributed by atoms with E-state index in [-0.39, 0.29) is 24.4 Å². The number of ether oxygens (including phenoxy) is 3. The summed E-state index contributed by atoms with van der Waals surface area (Å²) in [4.78, 5) is 15.5. The van der Waals surface area contributed by atoms with Crippen LogP contribution in [0.25, 0.3) is 0 Å². The first kappa shape index (κ1) is 22.1. The number of hydrogen-bond donors (Lipinski definition) is 1. The number of piperidine rings is 1. The maximum atomic E-state index is 12.4. The van der Waals surface area contributed by atoms with Crippen LogP contribution < -0.4 is 15.2 Å². The fraction of sp³-hybridized carbons (Fsp3) is 0.632. The van der Waals surface area contributed by atoms with Gasteiger partial charge in [-0.15, -0.1) is 24.2 Å². The SMILES string of the molecule is Cl.NCCCOC1CCN(C(=O)CCSc2ccc3c(c2)OCCO3)CC1. The van der Waals surface area contributed by atoms with Crippen molar-refractivity contribution in [3.8, 4) is 11.5 Å². The molecule has 6 nitrogen and oxygen atoms in total. The maximum Gasteiger partial charge on any atom is 0.223 e. The van der Waals surface area contributed by atoms with Gasteiger partial charge in [-0.25, -0.2) is 0 Å². The standard InChI is InChI=1S/C19H28N2O4S.ClH/c20-7-1-10-23-15-4-8-21(9-5-15)19(22)6-13-26-16-2-3-17-18(14-16)25-12-11-24-17;/h2-3,14-15H,1,4-13,20H2;1H. The number of fused-ring (bicyclic) bond motifs is 1. The van der Waals surface area contributed by atoms with E-state index >= 15 is 0 Å². The average molecular weight is 417 g/mol. The Balaban J connectivity index is 0.00000261. The summed E-state index contributed by atoms with van der Waals surface area (Å²) in [5, 5.41) is 0.